The lowest BCUT2D eigenvalue weighted by Crippen LogP contribution is -2.37. The number of aryl methyl sites for hydroxylation is 1. The Morgan fingerprint density at radius 1 is 1.13 bits per heavy atom. The maximum absolute atomic E-state index is 13.0. The normalized spacial score (nSPS) is 21.2. The second kappa shape index (κ2) is 16.0. The number of nitrogen functional groups attached to an aromatic ring is 1. The highest BCUT2D eigenvalue weighted by atomic mass is 31.2. The average Bonchev–Trinajstić information content (AvgIpc) is 3.61. The van der Waals surface area contributed by atoms with Crippen molar-refractivity contribution in [2.75, 3.05) is 32.7 Å². The number of hydrogen-bond acceptors (Lipinski definition) is 12. The number of hydrogen-bond donors (Lipinski definition) is 2. The highest BCUT2D eigenvalue weighted by molar-refractivity contribution is 7.45. The molecular formula is C33H45N6O7P. The van der Waals surface area contributed by atoms with Crippen LogP contribution in [-0.2, 0) is 23.5 Å². The molecule has 0 aliphatic carbocycles. The number of carbonyl (C=O) groups excluding carboxylic acids is 1. The van der Waals surface area contributed by atoms with Crippen LogP contribution in [-0.4, -0.2) is 70.7 Å². The topological polar surface area (TPSA) is 154 Å². The fourth-order valence-electron chi connectivity index (χ4n) is 5.74. The van der Waals surface area contributed by atoms with Crippen molar-refractivity contribution in [1.29, 1.82) is 0 Å². The third kappa shape index (κ3) is 8.10. The first-order valence-corrected chi connectivity index (χ1v) is 17.3. The van der Waals surface area contributed by atoms with Gasteiger partial charge in [0, 0.05) is 24.1 Å². The molecule has 0 spiro atoms. The monoisotopic (exact) mass is 668 g/mol. The van der Waals surface area contributed by atoms with Crippen molar-refractivity contribution in [1.82, 2.24) is 24.6 Å². The molecule has 5 unspecified atom stereocenters. The van der Waals surface area contributed by atoms with E-state index in [1.54, 1.807) is 6.92 Å². The number of aromatic nitrogens is 4. The Labute approximate surface area is 276 Å². The van der Waals surface area contributed by atoms with Crippen LogP contribution in [0.15, 0.2) is 42.5 Å². The van der Waals surface area contributed by atoms with Gasteiger partial charge < -0.3 is 33.7 Å². The molecular weight excluding hydrogens is 623 g/mol. The van der Waals surface area contributed by atoms with E-state index in [2.05, 4.69) is 27.0 Å². The first kappa shape index (κ1) is 34.7. The third-order valence-electron chi connectivity index (χ3n) is 8.01. The maximum atomic E-state index is 13.0. The number of methoxy groups -OCH3 is 1. The molecule has 47 heavy (non-hydrogen) atoms. The zero-order chi connectivity index (χ0) is 33.5. The van der Waals surface area contributed by atoms with Gasteiger partial charge in [-0.25, -0.2) is 10.1 Å². The summed E-state index contributed by atoms with van der Waals surface area (Å²) in [5.41, 5.74) is 7.05. The first-order chi connectivity index (χ1) is 22.8. The minimum atomic E-state index is -1.77. The fraction of sp³-hybridized carbons (Fsp3) is 0.515. The van der Waals surface area contributed by atoms with E-state index >= 15 is 0 Å². The first-order valence-electron chi connectivity index (χ1n) is 16.2. The number of nitrogens with one attached hydrogen (secondary N) is 1. The molecule has 0 bridgehead atoms. The Morgan fingerprint density at radius 3 is 2.64 bits per heavy atom. The average molecular weight is 669 g/mol. The van der Waals surface area contributed by atoms with Crippen LogP contribution in [0.1, 0.15) is 59.0 Å². The minimum Gasteiger partial charge on any atom is -0.479 e. The molecule has 2 fully saturated rings. The van der Waals surface area contributed by atoms with Crippen molar-refractivity contribution in [3.8, 4) is 11.6 Å². The van der Waals surface area contributed by atoms with Crippen LogP contribution in [0.5, 0.6) is 11.6 Å². The highest BCUT2D eigenvalue weighted by Crippen LogP contribution is 2.42. The van der Waals surface area contributed by atoms with Crippen LogP contribution in [0.3, 0.4) is 0 Å². The fourth-order valence-corrected chi connectivity index (χ4v) is 6.98. The molecule has 4 heterocycles. The van der Waals surface area contributed by atoms with Crippen molar-refractivity contribution >= 4 is 42.4 Å². The van der Waals surface area contributed by atoms with E-state index in [1.807, 2.05) is 67.8 Å². The number of imidazole rings is 1. The molecule has 3 N–H and O–H groups in total. The zero-order valence-corrected chi connectivity index (χ0v) is 28.7. The molecule has 254 valence electrons. The molecule has 2 aliphatic rings. The lowest BCUT2D eigenvalue weighted by molar-refractivity contribution is -0.154. The van der Waals surface area contributed by atoms with Gasteiger partial charge in [0.1, 0.15) is 29.9 Å². The summed E-state index contributed by atoms with van der Waals surface area (Å²) in [6.45, 7) is 11.2. The van der Waals surface area contributed by atoms with Crippen molar-refractivity contribution < 1.29 is 32.8 Å². The quantitative estimate of drug-likeness (QED) is 0.146. The van der Waals surface area contributed by atoms with Crippen molar-refractivity contribution in [3.05, 3.63) is 48.3 Å². The molecule has 5 atom stereocenters. The number of carbonyl (C=O) groups is 1. The van der Waals surface area contributed by atoms with Crippen LogP contribution < -0.4 is 20.1 Å². The van der Waals surface area contributed by atoms with Crippen LogP contribution in [0, 0.1) is 12.8 Å². The van der Waals surface area contributed by atoms with E-state index in [0.717, 1.165) is 17.2 Å². The SMILES string of the molecule is CC.COc1nc(N)nc2c1nc(C)n2C1OC(COP(NC(C)C(=O)OC2CCOCC2)Oc2cccc3ccccc23)CC1C. The highest BCUT2D eigenvalue weighted by Gasteiger charge is 2.37. The van der Waals surface area contributed by atoms with Gasteiger partial charge in [-0.2, -0.15) is 9.97 Å². The van der Waals surface area contributed by atoms with Gasteiger partial charge in [0.25, 0.3) is 0 Å². The van der Waals surface area contributed by atoms with Gasteiger partial charge in [0.2, 0.25) is 11.8 Å². The molecule has 0 radical (unpaired) electrons. The maximum Gasteiger partial charge on any atom is 0.323 e. The lowest BCUT2D eigenvalue weighted by Gasteiger charge is -2.26. The molecule has 13 nitrogen and oxygen atoms in total. The summed E-state index contributed by atoms with van der Waals surface area (Å²) in [5, 5.41) is 5.23. The summed E-state index contributed by atoms with van der Waals surface area (Å²) in [6.07, 6.45) is 1.33. The summed E-state index contributed by atoms with van der Waals surface area (Å²) in [5.74, 6) is 1.53. The second-order valence-corrected chi connectivity index (χ2v) is 12.6. The molecule has 4 aromatic rings. The van der Waals surface area contributed by atoms with Crippen LogP contribution in [0.25, 0.3) is 21.9 Å². The molecule has 2 aromatic carbocycles. The number of esters is 1. The largest absolute Gasteiger partial charge is 0.479 e. The summed E-state index contributed by atoms with van der Waals surface area (Å²) in [7, 11) is -0.245. The Kier molecular flexibility index (Phi) is 11.8. The van der Waals surface area contributed by atoms with Crippen LogP contribution in [0.4, 0.5) is 5.95 Å². The standard InChI is InChI=1S/C31H39N6O7P.C2H6/c1-18-16-23(42-29(18)37-20(3)33-26-27(37)34-31(32)35-28(26)39-4)17-41-45(36-19(2)30(38)43-22-12-14-40-15-13-22)44-25-11-7-9-21-8-5-6-10-24(21)25;1-2/h5-11,18-19,22-23,29,36H,12-17H2,1-4H3,(H2,32,34,35);1-2H3. The van der Waals surface area contributed by atoms with Crippen LogP contribution in [0.2, 0.25) is 0 Å². The summed E-state index contributed by atoms with van der Waals surface area (Å²) in [4.78, 5) is 26.2. The molecule has 0 saturated carbocycles. The number of fused-ring (bicyclic) bond motifs is 2. The molecule has 2 aliphatic heterocycles. The van der Waals surface area contributed by atoms with Crippen molar-refractivity contribution in [2.24, 2.45) is 5.92 Å². The summed E-state index contributed by atoms with van der Waals surface area (Å²) < 4.78 is 37.8. The van der Waals surface area contributed by atoms with E-state index in [-0.39, 0.29) is 42.9 Å². The van der Waals surface area contributed by atoms with Gasteiger partial charge in [-0.15, -0.1) is 0 Å². The zero-order valence-electron chi connectivity index (χ0n) is 27.8. The lowest BCUT2D eigenvalue weighted by atomic mass is 10.1. The second-order valence-electron chi connectivity index (χ2n) is 11.4. The van der Waals surface area contributed by atoms with Gasteiger partial charge in [-0.1, -0.05) is 57.2 Å². The van der Waals surface area contributed by atoms with E-state index in [0.29, 0.717) is 54.7 Å². The number of anilines is 1. The summed E-state index contributed by atoms with van der Waals surface area (Å²) >= 11 is 0. The van der Waals surface area contributed by atoms with E-state index in [4.69, 9.17) is 33.7 Å². The molecule has 2 aromatic heterocycles. The number of nitrogens with two attached hydrogens (primary N) is 1. The predicted molar refractivity (Wildman–Crippen MR) is 180 cm³/mol. The number of benzene rings is 2. The Hall–Kier alpha value is -3.61. The van der Waals surface area contributed by atoms with Gasteiger partial charge in [0.05, 0.1) is 33.0 Å². The third-order valence-corrected chi connectivity index (χ3v) is 9.36. The van der Waals surface area contributed by atoms with Crippen LogP contribution >= 0.6 is 8.53 Å². The number of nitrogens with zero attached hydrogens (tertiary/aromatic N) is 4. The Balaban J connectivity index is 0.00000213. The van der Waals surface area contributed by atoms with Crippen molar-refractivity contribution in [2.45, 2.75) is 78.4 Å². The molecule has 6 rings (SSSR count). The van der Waals surface area contributed by atoms with Gasteiger partial charge in [0.15, 0.2) is 11.2 Å². The van der Waals surface area contributed by atoms with E-state index in [9.17, 15) is 4.79 Å². The van der Waals surface area contributed by atoms with Gasteiger partial charge in [-0.05, 0) is 31.7 Å². The summed E-state index contributed by atoms with van der Waals surface area (Å²) in [6, 6.07) is 13.2. The van der Waals surface area contributed by atoms with Crippen molar-refractivity contribution in [3.63, 3.8) is 0 Å². The smallest absolute Gasteiger partial charge is 0.323 e. The predicted octanol–water partition coefficient (Wildman–Crippen LogP) is 5.85. The minimum absolute atomic E-state index is 0.0952. The van der Waals surface area contributed by atoms with E-state index in [1.165, 1.54) is 7.11 Å². The van der Waals surface area contributed by atoms with Gasteiger partial charge in [-0.3, -0.25) is 9.36 Å². The van der Waals surface area contributed by atoms with E-state index < -0.39 is 14.6 Å². The molecule has 2 saturated heterocycles. The molecule has 14 heteroatoms. The van der Waals surface area contributed by atoms with Gasteiger partial charge >= 0.3 is 14.5 Å². The Morgan fingerprint density at radius 2 is 1.87 bits per heavy atom. The number of rotatable bonds is 11. The number of ether oxygens (including phenoxy) is 4. The molecule has 0 amide bonds. The Bertz CT molecular complexity index is 1640.